The van der Waals surface area contributed by atoms with E-state index in [1.54, 1.807) is 0 Å². The lowest BCUT2D eigenvalue weighted by molar-refractivity contribution is -0.159. The molecule has 0 atom stereocenters. The number of carboxylic acid groups (broad SMARTS) is 2. The lowest BCUT2D eigenvalue weighted by Crippen LogP contribution is -2.33. The van der Waals surface area contributed by atoms with Gasteiger partial charge in [0.05, 0.1) is 13.1 Å². The molecule has 0 saturated carbocycles. The van der Waals surface area contributed by atoms with Crippen molar-refractivity contribution in [2.75, 3.05) is 39.3 Å². The molecule has 0 aliphatic carbocycles. The fraction of sp³-hybridized carbons (Fsp3) is 0.778. The van der Waals surface area contributed by atoms with Gasteiger partial charge in [-0.1, -0.05) is 0 Å². The fourth-order valence-electron chi connectivity index (χ4n) is 1.34. The summed E-state index contributed by atoms with van der Waals surface area (Å²) >= 11 is 0. The topological polar surface area (TPSA) is 203 Å². The Morgan fingerprint density at radius 2 is 0.967 bits per heavy atom. The van der Waals surface area contributed by atoms with E-state index in [0.717, 1.165) is 0 Å². The number of ether oxygens (including phenoxy) is 2. The van der Waals surface area contributed by atoms with E-state index >= 15 is 0 Å². The summed E-state index contributed by atoms with van der Waals surface area (Å²) < 4.78 is 10.1. The zero-order valence-electron chi connectivity index (χ0n) is 18.7. The van der Waals surface area contributed by atoms with Crippen molar-refractivity contribution in [3.8, 4) is 0 Å². The normalized spacial score (nSPS) is 10.5. The molecule has 0 aromatic carbocycles. The Morgan fingerprint density at radius 3 is 1.13 bits per heavy atom. The number of carboxylic acids is 2. The lowest BCUT2D eigenvalue weighted by atomic mass is 10.2. The Morgan fingerprint density at radius 1 is 0.700 bits per heavy atom. The average molecular weight is 439 g/mol. The first-order valence-corrected chi connectivity index (χ1v) is 9.27. The number of aliphatic carboxylic acids is 2. The molecule has 0 fully saturated rings. The summed E-state index contributed by atoms with van der Waals surface area (Å²) in [6.07, 6.45) is 0. The van der Waals surface area contributed by atoms with Crippen LogP contribution in [-0.2, 0) is 28.7 Å². The Bertz CT molecular complexity index is 467. The second-order valence-electron chi connectivity index (χ2n) is 7.71. The number of hydrogen-bond acceptors (Lipinski definition) is 10. The second-order valence-corrected chi connectivity index (χ2v) is 7.71. The maximum atomic E-state index is 11.0. The first-order chi connectivity index (χ1) is 13.6. The van der Waals surface area contributed by atoms with Crippen LogP contribution in [0.15, 0.2) is 0 Å². The maximum absolute atomic E-state index is 11.0. The van der Waals surface area contributed by atoms with Crippen LogP contribution in [0.25, 0.3) is 0 Å². The number of nitrogens with one attached hydrogen (secondary N) is 2. The van der Waals surface area contributed by atoms with Crippen molar-refractivity contribution in [3.05, 3.63) is 0 Å². The summed E-state index contributed by atoms with van der Waals surface area (Å²) in [4.78, 5) is 40.2. The largest absolute Gasteiger partial charge is 0.473 e. The highest BCUT2D eigenvalue weighted by atomic mass is 16.6. The number of rotatable bonds is 8. The van der Waals surface area contributed by atoms with Gasteiger partial charge in [-0.2, -0.15) is 0 Å². The van der Waals surface area contributed by atoms with Crippen LogP contribution >= 0.6 is 0 Å². The van der Waals surface area contributed by atoms with E-state index in [0.29, 0.717) is 26.2 Å². The van der Waals surface area contributed by atoms with Crippen molar-refractivity contribution in [1.82, 2.24) is 10.6 Å². The van der Waals surface area contributed by atoms with Crippen molar-refractivity contribution in [1.29, 1.82) is 0 Å². The van der Waals surface area contributed by atoms with Crippen LogP contribution in [0.5, 0.6) is 0 Å². The first kappa shape index (κ1) is 32.4. The van der Waals surface area contributed by atoms with Gasteiger partial charge in [0.2, 0.25) is 0 Å². The molecule has 178 valence electrons. The number of nitrogens with two attached hydrogens (primary N) is 2. The molecule has 0 heterocycles. The van der Waals surface area contributed by atoms with Crippen LogP contribution in [0.2, 0.25) is 0 Å². The Balaban J connectivity index is -0.000000386. The molecule has 0 saturated heterocycles. The predicted octanol–water partition coefficient (Wildman–Crippen LogP) is -1.09. The number of carbonyl (C=O) groups is 4. The van der Waals surface area contributed by atoms with Gasteiger partial charge in [-0.3, -0.25) is 9.59 Å². The van der Waals surface area contributed by atoms with Gasteiger partial charge < -0.3 is 41.8 Å². The number of carbonyl (C=O) groups excluding carboxylic acids is 2. The minimum atomic E-state index is -1.82. The zero-order valence-corrected chi connectivity index (χ0v) is 18.7. The summed E-state index contributed by atoms with van der Waals surface area (Å²) in [7, 11) is 0. The van der Waals surface area contributed by atoms with Crippen LogP contribution < -0.4 is 22.1 Å². The quantitative estimate of drug-likeness (QED) is 0.152. The molecule has 12 nitrogen and oxygen atoms in total. The van der Waals surface area contributed by atoms with E-state index in [2.05, 4.69) is 10.6 Å². The van der Waals surface area contributed by atoms with Crippen LogP contribution in [0.4, 0.5) is 0 Å². The Labute approximate surface area is 177 Å². The molecular weight excluding hydrogens is 400 g/mol. The standard InChI is InChI=1S/2C8H18N2O2.C2H2O4/c2*1-8(2,3)12-7(11)6-10-5-4-9;3-1(4)2(5)6/h2*10H,4-6,9H2,1-3H3;(H,3,4)(H,5,6). The highest BCUT2D eigenvalue weighted by molar-refractivity contribution is 6.27. The smallest absolute Gasteiger partial charge is 0.414 e. The number of esters is 2. The first-order valence-electron chi connectivity index (χ1n) is 9.27. The van der Waals surface area contributed by atoms with Crippen molar-refractivity contribution >= 4 is 23.9 Å². The van der Waals surface area contributed by atoms with Gasteiger partial charge in [0.25, 0.3) is 0 Å². The molecule has 12 heteroatoms. The van der Waals surface area contributed by atoms with E-state index in [1.165, 1.54) is 0 Å². The summed E-state index contributed by atoms with van der Waals surface area (Å²) in [5.74, 6) is -4.13. The predicted molar refractivity (Wildman–Crippen MR) is 111 cm³/mol. The molecule has 0 amide bonds. The van der Waals surface area contributed by atoms with Gasteiger partial charge >= 0.3 is 23.9 Å². The van der Waals surface area contributed by atoms with Crippen LogP contribution in [0.3, 0.4) is 0 Å². The van der Waals surface area contributed by atoms with Crippen molar-refractivity contribution < 1.29 is 38.9 Å². The Kier molecular flexibility index (Phi) is 19.0. The third-order valence-electron chi connectivity index (χ3n) is 2.20. The molecule has 0 unspecified atom stereocenters. The van der Waals surface area contributed by atoms with Crippen molar-refractivity contribution in [2.45, 2.75) is 52.7 Å². The van der Waals surface area contributed by atoms with Gasteiger partial charge in [-0.05, 0) is 41.5 Å². The summed E-state index contributed by atoms with van der Waals surface area (Å²) in [6, 6.07) is 0. The van der Waals surface area contributed by atoms with Crippen LogP contribution in [0, 0.1) is 0 Å². The molecule has 8 N–H and O–H groups in total. The molecule has 0 radical (unpaired) electrons. The van der Waals surface area contributed by atoms with E-state index in [-0.39, 0.29) is 25.0 Å². The molecule has 0 aliphatic rings. The highest BCUT2D eigenvalue weighted by Crippen LogP contribution is 2.06. The van der Waals surface area contributed by atoms with E-state index < -0.39 is 23.1 Å². The fourth-order valence-corrected chi connectivity index (χ4v) is 1.34. The molecule has 0 bridgehead atoms. The SMILES string of the molecule is CC(C)(C)OC(=O)CNCCN.CC(C)(C)OC(=O)CNCCN.O=C(O)C(=O)O. The molecule has 0 rings (SSSR count). The maximum Gasteiger partial charge on any atom is 0.414 e. The minimum absolute atomic E-state index is 0.231. The minimum Gasteiger partial charge on any atom is -0.473 e. The number of hydrogen-bond donors (Lipinski definition) is 6. The van der Waals surface area contributed by atoms with Gasteiger partial charge in [-0.15, -0.1) is 0 Å². The van der Waals surface area contributed by atoms with Crippen LogP contribution in [-0.4, -0.2) is 84.6 Å². The summed E-state index contributed by atoms with van der Waals surface area (Å²) in [6.45, 7) is 13.8. The molecule has 0 spiro atoms. The second kappa shape index (κ2) is 17.6. The van der Waals surface area contributed by atoms with Crippen LogP contribution in [0.1, 0.15) is 41.5 Å². The van der Waals surface area contributed by atoms with E-state index in [4.69, 9.17) is 40.7 Å². The summed E-state index contributed by atoms with van der Waals surface area (Å²) in [5.41, 5.74) is 9.65. The molecule has 30 heavy (non-hydrogen) atoms. The molecule has 0 aliphatic heterocycles. The lowest BCUT2D eigenvalue weighted by Gasteiger charge is -2.19. The van der Waals surface area contributed by atoms with E-state index in [1.807, 2.05) is 41.5 Å². The third kappa shape index (κ3) is 33.3. The highest BCUT2D eigenvalue weighted by Gasteiger charge is 2.15. The Hall–Kier alpha value is -2.28. The van der Waals surface area contributed by atoms with Gasteiger partial charge in [0.1, 0.15) is 11.2 Å². The molecule has 0 aromatic heterocycles. The third-order valence-corrected chi connectivity index (χ3v) is 2.20. The van der Waals surface area contributed by atoms with Gasteiger partial charge in [0.15, 0.2) is 0 Å². The van der Waals surface area contributed by atoms with Gasteiger partial charge in [-0.25, -0.2) is 9.59 Å². The zero-order chi connectivity index (χ0) is 24.4. The molecule has 0 aromatic rings. The van der Waals surface area contributed by atoms with Gasteiger partial charge in [0, 0.05) is 26.2 Å². The average Bonchev–Trinajstić information content (AvgIpc) is 2.53. The van der Waals surface area contributed by atoms with Crippen molar-refractivity contribution in [3.63, 3.8) is 0 Å². The summed E-state index contributed by atoms with van der Waals surface area (Å²) in [5, 5.41) is 20.5. The van der Waals surface area contributed by atoms with Crippen molar-refractivity contribution in [2.24, 2.45) is 11.5 Å². The monoisotopic (exact) mass is 438 g/mol. The molecular formula is C18H38N4O8. The van der Waals surface area contributed by atoms with E-state index in [9.17, 15) is 9.59 Å².